The van der Waals surface area contributed by atoms with Crippen molar-refractivity contribution in [1.82, 2.24) is 9.88 Å². The molecule has 168 valence electrons. The van der Waals surface area contributed by atoms with Crippen LogP contribution in [0.1, 0.15) is 68.1 Å². The lowest BCUT2D eigenvalue weighted by Crippen LogP contribution is -2.37. The molecule has 3 atom stereocenters. The number of benzene rings is 2. The van der Waals surface area contributed by atoms with E-state index in [2.05, 4.69) is 54.1 Å². The number of fused-ring (bicyclic) bond motifs is 4. The third-order valence-corrected chi connectivity index (χ3v) is 7.31. The van der Waals surface area contributed by atoms with Crippen molar-refractivity contribution in [3.8, 4) is 0 Å². The summed E-state index contributed by atoms with van der Waals surface area (Å²) in [6, 6.07) is 15.1. The van der Waals surface area contributed by atoms with Crippen molar-refractivity contribution in [3.05, 3.63) is 64.8 Å². The van der Waals surface area contributed by atoms with Gasteiger partial charge in [-0.2, -0.15) is 0 Å². The molecule has 2 N–H and O–H groups in total. The van der Waals surface area contributed by atoms with Gasteiger partial charge in [0.15, 0.2) is 0 Å². The maximum Gasteiger partial charge on any atom is 0.227 e. The Bertz CT molecular complexity index is 1150. The summed E-state index contributed by atoms with van der Waals surface area (Å²) in [7, 11) is 0. The molecule has 3 aromatic rings. The number of carbonyl (C=O) groups is 1. The first-order valence-electron chi connectivity index (χ1n) is 11.9. The van der Waals surface area contributed by atoms with E-state index in [-0.39, 0.29) is 18.0 Å². The van der Waals surface area contributed by atoms with Crippen LogP contribution in [-0.2, 0) is 17.6 Å². The van der Waals surface area contributed by atoms with Crippen LogP contribution in [-0.4, -0.2) is 40.0 Å². The number of aliphatic hydroxyl groups is 1. The average Bonchev–Trinajstić information content (AvgIpc) is 3.32. The van der Waals surface area contributed by atoms with Crippen LogP contribution >= 0.6 is 0 Å². The van der Waals surface area contributed by atoms with Crippen molar-refractivity contribution >= 4 is 22.5 Å². The molecule has 0 fully saturated rings. The Labute approximate surface area is 190 Å². The minimum absolute atomic E-state index is 0.180. The smallest absolute Gasteiger partial charge is 0.227 e. The predicted molar refractivity (Wildman–Crippen MR) is 129 cm³/mol. The Hall–Kier alpha value is -2.63. The van der Waals surface area contributed by atoms with Gasteiger partial charge in [0.05, 0.1) is 6.10 Å². The van der Waals surface area contributed by atoms with Crippen LogP contribution in [0.5, 0.6) is 0 Å². The minimum Gasteiger partial charge on any atom is -0.387 e. The molecule has 2 aliphatic rings. The van der Waals surface area contributed by atoms with Crippen LogP contribution in [0.25, 0.3) is 10.9 Å². The predicted octanol–water partition coefficient (Wildman–Crippen LogP) is 4.90. The van der Waals surface area contributed by atoms with E-state index < -0.39 is 6.10 Å². The number of hydrogen-bond acceptors (Lipinski definition) is 3. The molecule has 1 aromatic heterocycles. The molecule has 2 aromatic carbocycles. The Kier molecular flexibility index (Phi) is 5.56. The van der Waals surface area contributed by atoms with Crippen molar-refractivity contribution in [2.45, 2.75) is 64.6 Å². The van der Waals surface area contributed by atoms with E-state index in [1.807, 2.05) is 24.0 Å². The van der Waals surface area contributed by atoms with Gasteiger partial charge in [-0.1, -0.05) is 37.3 Å². The van der Waals surface area contributed by atoms with Gasteiger partial charge in [0.25, 0.3) is 0 Å². The Balaban J connectivity index is 1.33. The third-order valence-electron chi connectivity index (χ3n) is 7.31. The first-order chi connectivity index (χ1) is 15.5. The number of hydrogen-bond donors (Lipinski definition) is 2. The highest BCUT2D eigenvalue weighted by Gasteiger charge is 2.32. The first-order valence-corrected chi connectivity index (χ1v) is 11.9. The molecule has 5 rings (SSSR count). The normalized spacial score (nSPS) is 21.6. The van der Waals surface area contributed by atoms with Crippen molar-refractivity contribution in [2.75, 3.05) is 18.0 Å². The second-order valence-corrected chi connectivity index (χ2v) is 9.45. The lowest BCUT2D eigenvalue weighted by molar-refractivity contribution is -0.118. The number of β-amino-alcohol motifs (C(OH)–C–C–N with tert-alkyl or cyclic N) is 1. The fraction of sp³-hybridized carbons (Fsp3) is 0.444. The summed E-state index contributed by atoms with van der Waals surface area (Å²) in [5, 5.41) is 12.4. The fourth-order valence-electron chi connectivity index (χ4n) is 5.63. The maximum absolute atomic E-state index is 12.6. The molecule has 5 nitrogen and oxygen atoms in total. The average molecular weight is 432 g/mol. The largest absolute Gasteiger partial charge is 0.387 e. The molecule has 0 radical (unpaired) electrons. The summed E-state index contributed by atoms with van der Waals surface area (Å²) in [6.45, 7) is 7.91. The Morgan fingerprint density at radius 3 is 2.84 bits per heavy atom. The van der Waals surface area contributed by atoms with E-state index in [4.69, 9.17) is 0 Å². The monoisotopic (exact) mass is 431 g/mol. The zero-order valence-corrected chi connectivity index (χ0v) is 19.3. The molecule has 32 heavy (non-hydrogen) atoms. The number of H-pyrrole nitrogens is 1. The maximum atomic E-state index is 12.6. The first kappa shape index (κ1) is 21.2. The molecule has 0 saturated carbocycles. The molecule has 0 saturated heterocycles. The van der Waals surface area contributed by atoms with Crippen molar-refractivity contribution in [3.63, 3.8) is 0 Å². The second-order valence-electron chi connectivity index (χ2n) is 9.45. The van der Waals surface area contributed by atoms with E-state index >= 15 is 0 Å². The van der Waals surface area contributed by atoms with E-state index in [1.165, 1.54) is 27.7 Å². The summed E-state index contributed by atoms with van der Waals surface area (Å²) in [4.78, 5) is 20.5. The Morgan fingerprint density at radius 2 is 2.03 bits per heavy atom. The summed E-state index contributed by atoms with van der Waals surface area (Å²) in [6.07, 6.45) is 2.73. The van der Waals surface area contributed by atoms with Gasteiger partial charge < -0.3 is 15.0 Å². The molecule has 2 aliphatic heterocycles. The molecule has 3 heterocycles. The third kappa shape index (κ3) is 3.54. The topological polar surface area (TPSA) is 59.6 Å². The molecule has 0 spiro atoms. The van der Waals surface area contributed by atoms with Gasteiger partial charge in [0.2, 0.25) is 5.91 Å². The zero-order valence-electron chi connectivity index (χ0n) is 19.3. The lowest BCUT2D eigenvalue weighted by Gasteiger charge is -2.35. The van der Waals surface area contributed by atoms with Gasteiger partial charge in [-0.05, 0) is 61.9 Å². The molecule has 0 bridgehead atoms. The van der Waals surface area contributed by atoms with E-state index in [9.17, 15) is 9.90 Å². The number of amides is 1. The number of rotatable bonds is 5. The highest BCUT2D eigenvalue weighted by molar-refractivity contribution is 5.96. The number of para-hydroxylation sites is 1. The molecular weight excluding hydrogens is 398 g/mol. The van der Waals surface area contributed by atoms with Gasteiger partial charge in [-0.15, -0.1) is 0 Å². The lowest BCUT2D eigenvalue weighted by atomic mass is 9.97. The van der Waals surface area contributed by atoms with Crippen LogP contribution in [0.3, 0.4) is 0 Å². The van der Waals surface area contributed by atoms with Crippen molar-refractivity contribution < 1.29 is 9.90 Å². The van der Waals surface area contributed by atoms with Gasteiger partial charge in [-0.25, -0.2) is 0 Å². The van der Waals surface area contributed by atoms with Crippen LogP contribution in [0.4, 0.5) is 5.69 Å². The molecule has 5 heteroatoms. The number of aromatic amines is 1. The zero-order chi connectivity index (χ0) is 22.4. The number of nitrogens with one attached hydrogen (secondary N) is 1. The van der Waals surface area contributed by atoms with Gasteiger partial charge >= 0.3 is 0 Å². The molecular formula is C27H33N3O2. The standard InChI is InChI=1S/C27H33N3O2/c1-4-7-26(32)30-17(2)14-20-15-19(10-11-24(20)30)25(31)16-29-13-12-22-21-8-5-6-9-23(21)28-27(22)18(29)3/h5-6,8-11,15,17-18,25,28,31H,4,7,12-14,16H2,1-3H3/t17-,18+,25+/m0/s1. The molecule has 0 aliphatic carbocycles. The number of anilines is 1. The summed E-state index contributed by atoms with van der Waals surface area (Å²) < 4.78 is 0. The summed E-state index contributed by atoms with van der Waals surface area (Å²) in [5.74, 6) is 0.198. The van der Waals surface area contributed by atoms with Crippen molar-refractivity contribution in [2.24, 2.45) is 0 Å². The van der Waals surface area contributed by atoms with E-state index in [1.54, 1.807) is 0 Å². The van der Waals surface area contributed by atoms with Crippen LogP contribution in [0, 0.1) is 0 Å². The van der Waals surface area contributed by atoms with Crippen LogP contribution in [0.2, 0.25) is 0 Å². The van der Waals surface area contributed by atoms with Gasteiger partial charge in [0, 0.05) is 53.9 Å². The van der Waals surface area contributed by atoms with Gasteiger partial charge in [0.1, 0.15) is 0 Å². The number of aliphatic hydroxyl groups excluding tert-OH is 1. The molecule has 1 amide bonds. The number of carbonyl (C=O) groups excluding carboxylic acids is 1. The van der Waals surface area contributed by atoms with E-state index in [0.29, 0.717) is 13.0 Å². The van der Waals surface area contributed by atoms with Crippen LogP contribution < -0.4 is 4.90 Å². The second kappa shape index (κ2) is 8.38. The quantitative estimate of drug-likeness (QED) is 0.604. The summed E-state index contributed by atoms with van der Waals surface area (Å²) >= 11 is 0. The SMILES string of the molecule is CCCC(=O)N1c2ccc([C@H](O)CN3CCc4c([nH]c5ccccc45)[C@H]3C)cc2C[C@@H]1C. The highest BCUT2D eigenvalue weighted by atomic mass is 16.3. The van der Waals surface area contributed by atoms with Crippen molar-refractivity contribution in [1.29, 1.82) is 0 Å². The highest BCUT2D eigenvalue weighted by Crippen LogP contribution is 2.37. The minimum atomic E-state index is -0.552. The number of aromatic nitrogens is 1. The van der Waals surface area contributed by atoms with E-state index in [0.717, 1.165) is 37.1 Å². The van der Waals surface area contributed by atoms with Crippen LogP contribution in [0.15, 0.2) is 42.5 Å². The van der Waals surface area contributed by atoms with Gasteiger partial charge in [-0.3, -0.25) is 9.69 Å². The Morgan fingerprint density at radius 1 is 1.22 bits per heavy atom. The summed E-state index contributed by atoms with van der Waals surface area (Å²) in [5.41, 5.74) is 7.01. The number of nitrogens with zero attached hydrogens (tertiary/aromatic N) is 2. The fourth-order valence-corrected chi connectivity index (χ4v) is 5.63. The molecule has 0 unspecified atom stereocenters.